The van der Waals surface area contributed by atoms with Crippen molar-refractivity contribution in [3.63, 3.8) is 0 Å². The van der Waals surface area contributed by atoms with Gasteiger partial charge < -0.3 is 15.0 Å². The first-order chi connectivity index (χ1) is 11.5. The fourth-order valence-electron chi connectivity index (χ4n) is 2.28. The Morgan fingerprint density at radius 1 is 1.12 bits per heavy atom. The highest BCUT2D eigenvalue weighted by atomic mass is 16.5. The number of rotatable bonds is 6. The number of carbonyl (C=O) groups is 2. The van der Waals surface area contributed by atoms with Crippen LogP contribution in [0.15, 0.2) is 48.5 Å². The lowest BCUT2D eigenvalue weighted by molar-refractivity contribution is -0.116. The molecule has 0 saturated heterocycles. The van der Waals surface area contributed by atoms with Crippen molar-refractivity contribution in [1.29, 1.82) is 0 Å². The number of anilines is 1. The summed E-state index contributed by atoms with van der Waals surface area (Å²) >= 11 is 0. The van der Waals surface area contributed by atoms with Gasteiger partial charge in [0.25, 0.3) is 5.91 Å². The Morgan fingerprint density at radius 2 is 1.83 bits per heavy atom. The number of hydrogen-bond donors (Lipinski definition) is 1. The summed E-state index contributed by atoms with van der Waals surface area (Å²) in [5, 5.41) is 2.78. The minimum Gasteiger partial charge on any atom is -0.497 e. The van der Waals surface area contributed by atoms with Crippen LogP contribution < -0.4 is 10.1 Å². The maximum atomic E-state index is 12.5. The topological polar surface area (TPSA) is 58.6 Å². The Labute approximate surface area is 142 Å². The van der Waals surface area contributed by atoms with Crippen LogP contribution in [0.25, 0.3) is 0 Å². The van der Waals surface area contributed by atoms with E-state index in [0.29, 0.717) is 23.5 Å². The van der Waals surface area contributed by atoms with Crippen LogP contribution in [-0.4, -0.2) is 36.9 Å². The Morgan fingerprint density at radius 3 is 2.46 bits per heavy atom. The molecule has 5 nitrogen and oxygen atoms in total. The molecular weight excluding hydrogens is 304 g/mol. The smallest absolute Gasteiger partial charge is 0.254 e. The molecule has 0 radical (unpaired) electrons. The SMILES string of the molecule is CCN(CC(=O)Nc1cccc(OC)c1)C(=O)c1ccc(C)cc1. The molecule has 0 atom stereocenters. The molecule has 0 aliphatic carbocycles. The maximum Gasteiger partial charge on any atom is 0.254 e. The van der Waals surface area contributed by atoms with E-state index >= 15 is 0 Å². The minimum absolute atomic E-state index is 0.000416. The quantitative estimate of drug-likeness (QED) is 0.887. The van der Waals surface area contributed by atoms with E-state index in [0.717, 1.165) is 5.56 Å². The summed E-state index contributed by atoms with van der Waals surface area (Å²) in [6.45, 7) is 4.27. The number of benzene rings is 2. The zero-order chi connectivity index (χ0) is 17.5. The van der Waals surface area contributed by atoms with E-state index in [4.69, 9.17) is 4.74 Å². The molecule has 24 heavy (non-hydrogen) atoms. The van der Waals surface area contributed by atoms with Gasteiger partial charge in [0, 0.05) is 23.9 Å². The molecule has 0 aliphatic heterocycles. The van der Waals surface area contributed by atoms with Crippen molar-refractivity contribution in [2.24, 2.45) is 0 Å². The lowest BCUT2D eigenvalue weighted by Crippen LogP contribution is -2.37. The van der Waals surface area contributed by atoms with Crippen LogP contribution in [0, 0.1) is 6.92 Å². The Kier molecular flexibility index (Phi) is 5.95. The largest absolute Gasteiger partial charge is 0.497 e. The van der Waals surface area contributed by atoms with Crippen molar-refractivity contribution < 1.29 is 14.3 Å². The van der Waals surface area contributed by atoms with Crippen molar-refractivity contribution in [3.8, 4) is 5.75 Å². The average molecular weight is 326 g/mol. The van der Waals surface area contributed by atoms with Crippen LogP contribution in [0.3, 0.4) is 0 Å². The van der Waals surface area contributed by atoms with Gasteiger partial charge in [0.2, 0.25) is 5.91 Å². The zero-order valence-electron chi connectivity index (χ0n) is 14.2. The van der Waals surface area contributed by atoms with E-state index in [1.54, 1.807) is 43.5 Å². The average Bonchev–Trinajstić information content (AvgIpc) is 2.60. The summed E-state index contributed by atoms with van der Waals surface area (Å²) in [4.78, 5) is 26.2. The Bertz CT molecular complexity index is 711. The van der Waals surface area contributed by atoms with Crippen molar-refractivity contribution in [1.82, 2.24) is 4.90 Å². The van der Waals surface area contributed by atoms with Gasteiger partial charge in [-0.15, -0.1) is 0 Å². The standard InChI is InChI=1S/C19H22N2O3/c1-4-21(19(23)15-10-8-14(2)9-11-15)13-18(22)20-16-6-5-7-17(12-16)24-3/h5-12H,4,13H2,1-3H3,(H,20,22). The molecule has 2 rings (SSSR count). The number of ether oxygens (including phenoxy) is 1. The van der Waals surface area contributed by atoms with E-state index in [1.165, 1.54) is 4.90 Å². The fraction of sp³-hybridized carbons (Fsp3) is 0.263. The summed E-state index contributed by atoms with van der Waals surface area (Å²) in [6, 6.07) is 14.4. The third-order valence-electron chi connectivity index (χ3n) is 3.66. The molecule has 0 aliphatic rings. The van der Waals surface area contributed by atoms with Crippen molar-refractivity contribution >= 4 is 17.5 Å². The van der Waals surface area contributed by atoms with Gasteiger partial charge >= 0.3 is 0 Å². The van der Waals surface area contributed by atoms with Crippen LogP contribution in [0.2, 0.25) is 0 Å². The number of likely N-dealkylation sites (N-methyl/N-ethyl adjacent to an activating group) is 1. The molecule has 5 heteroatoms. The molecule has 1 N–H and O–H groups in total. The molecule has 0 heterocycles. The number of nitrogens with zero attached hydrogens (tertiary/aromatic N) is 1. The molecule has 0 saturated carbocycles. The van der Waals surface area contributed by atoms with Crippen LogP contribution in [-0.2, 0) is 4.79 Å². The summed E-state index contributed by atoms with van der Waals surface area (Å²) in [6.07, 6.45) is 0. The Balaban J connectivity index is 2.02. The number of aryl methyl sites for hydroxylation is 1. The molecule has 2 aromatic carbocycles. The fourth-order valence-corrected chi connectivity index (χ4v) is 2.28. The van der Waals surface area contributed by atoms with Crippen LogP contribution >= 0.6 is 0 Å². The molecule has 126 valence electrons. The third kappa shape index (κ3) is 4.59. The normalized spacial score (nSPS) is 10.1. The van der Waals surface area contributed by atoms with Gasteiger partial charge in [0.15, 0.2) is 0 Å². The molecule has 0 unspecified atom stereocenters. The summed E-state index contributed by atoms with van der Waals surface area (Å²) in [5.41, 5.74) is 2.31. The molecule has 0 aromatic heterocycles. The highest BCUT2D eigenvalue weighted by Gasteiger charge is 2.17. The zero-order valence-corrected chi connectivity index (χ0v) is 14.2. The van der Waals surface area contributed by atoms with Gasteiger partial charge in [-0.1, -0.05) is 23.8 Å². The molecular formula is C19H22N2O3. The first-order valence-electron chi connectivity index (χ1n) is 7.83. The van der Waals surface area contributed by atoms with E-state index in [-0.39, 0.29) is 18.4 Å². The molecule has 0 fully saturated rings. The van der Waals surface area contributed by atoms with Crippen molar-refractivity contribution in [2.45, 2.75) is 13.8 Å². The van der Waals surface area contributed by atoms with Crippen molar-refractivity contribution in [2.75, 3.05) is 25.5 Å². The lowest BCUT2D eigenvalue weighted by Gasteiger charge is -2.20. The van der Waals surface area contributed by atoms with Gasteiger partial charge in [-0.25, -0.2) is 0 Å². The van der Waals surface area contributed by atoms with Gasteiger partial charge in [-0.05, 0) is 38.1 Å². The van der Waals surface area contributed by atoms with Crippen LogP contribution in [0.1, 0.15) is 22.8 Å². The number of amides is 2. The monoisotopic (exact) mass is 326 g/mol. The third-order valence-corrected chi connectivity index (χ3v) is 3.66. The maximum absolute atomic E-state index is 12.5. The number of nitrogens with one attached hydrogen (secondary N) is 1. The second kappa shape index (κ2) is 8.15. The number of methoxy groups -OCH3 is 1. The Hall–Kier alpha value is -2.82. The van der Waals surface area contributed by atoms with E-state index in [1.807, 2.05) is 26.0 Å². The number of hydrogen-bond acceptors (Lipinski definition) is 3. The first-order valence-corrected chi connectivity index (χ1v) is 7.83. The number of carbonyl (C=O) groups excluding carboxylic acids is 2. The van der Waals surface area contributed by atoms with Crippen molar-refractivity contribution in [3.05, 3.63) is 59.7 Å². The van der Waals surface area contributed by atoms with E-state index < -0.39 is 0 Å². The predicted molar refractivity (Wildman–Crippen MR) is 94.4 cm³/mol. The van der Waals surface area contributed by atoms with Gasteiger partial charge in [-0.3, -0.25) is 9.59 Å². The second-order valence-corrected chi connectivity index (χ2v) is 5.47. The highest BCUT2D eigenvalue weighted by molar-refractivity contribution is 5.99. The van der Waals surface area contributed by atoms with Gasteiger partial charge in [-0.2, -0.15) is 0 Å². The van der Waals surface area contributed by atoms with Gasteiger partial charge in [0.1, 0.15) is 12.3 Å². The summed E-state index contributed by atoms with van der Waals surface area (Å²) in [7, 11) is 1.57. The second-order valence-electron chi connectivity index (χ2n) is 5.47. The van der Waals surface area contributed by atoms with E-state index in [9.17, 15) is 9.59 Å². The molecule has 0 spiro atoms. The molecule has 0 bridgehead atoms. The minimum atomic E-state index is -0.245. The highest BCUT2D eigenvalue weighted by Crippen LogP contribution is 2.16. The van der Waals surface area contributed by atoms with Gasteiger partial charge in [0.05, 0.1) is 7.11 Å². The first kappa shape index (κ1) is 17.5. The molecule has 2 amide bonds. The summed E-state index contributed by atoms with van der Waals surface area (Å²) < 4.78 is 5.13. The molecule has 2 aromatic rings. The van der Waals surface area contributed by atoms with Crippen LogP contribution in [0.5, 0.6) is 5.75 Å². The predicted octanol–water partition coefficient (Wildman–Crippen LogP) is 3.10. The van der Waals surface area contributed by atoms with Crippen LogP contribution in [0.4, 0.5) is 5.69 Å². The summed E-state index contributed by atoms with van der Waals surface area (Å²) in [5.74, 6) is 0.264. The lowest BCUT2D eigenvalue weighted by atomic mass is 10.1. The van der Waals surface area contributed by atoms with E-state index in [2.05, 4.69) is 5.32 Å².